The summed E-state index contributed by atoms with van der Waals surface area (Å²) in [4.78, 5) is 0. The van der Waals surface area contributed by atoms with Crippen LogP contribution in [0.4, 0.5) is 0 Å². The van der Waals surface area contributed by atoms with Crippen LogP contribution in [0.5, 0.6) is 0 Å². The molecule has 0 fully saturated rings. The van der Waals surface area contributed by atoms with E-state index in [9.17, 15) is 0 Å². The van der Waals surface area contributed by atoms with E-state index < -0.39 is 33.9 Å². The van der Waals surface area contributed by atoms with Crippen molar-refractivity contribution < 1.29 is 99.5 Å². The van der Waals surface area contributed by atoms with Crippen LogP contribution in [-0.4, -0.2) is 276 Å². The molecule has 2 unspecified atom stereocenters. The molecular weight excluding hydrogens is 1180 g/mol. The Hall–Kier alpha value is -0.840. The van der Waals surface area contributed by atoms with Crippen LogP contribution in [0, 0.1) is 21.7 Å². The van der Waals surface area contributed by atoms with Crippen molar-refractivity contribution in [2.75, 3.05) is 264 Å². The van der Waals surface area contributed by atoms with Gasteiger partial charge in [-0.25, -0.2) is 0 Å². The molecule has 0 saturated carbocycles. The Kier molecular flexibility index (Phi) is 65.8. The average Bonchev–Trinajstić information content (AvgIpc) is 3.63. The Labute approximate surface area is 555 Å². The molecule has 0 amide bonds. The van der Waals surface area contributed by atoms with Gasteiger partial charge in [0.05, 0.1) is 211 Å². The van der Waals surface area contributed by atoms with Gasteiger partial charge < -0.3 is 99.5 Å². The molecule has 0 aliphatic heterocycles. The number of hydrogen-bond acceptors (Lipinski definition) is 21. The molecule has 0 aromatic rings. The maximum atomic E-state index is 7.02. The second-order valence-electron chi connectivity index (χ2n) is 24.2. The van der Waals surface area contributed by atoms with Gasteiger partial charge in [0.1, 0.15) is 12.2 Å². The van der Waals surface area contributed by atoms with E-state index in [4.69, 9.17) is 99.5 Å². The topological polar surface area (TPSA) is 194 Å². The van der Waals surface area contributed by atoms with Gasteiger partial charge in [-0.2, -0.15) is 0 Å². The van der Waals surface area contributed by atoms with Crippen LogP contribution in [0.3, 0.4) is 0 Å². The Morgan fingerprint density at radius 3 is 0.495 bits per heavy atom. The van der Waals surface area contributed by atoms with E-state index in [-0.39, 0.29) is 26.4 Å². The third-order valence-electron chi connectivity index (χ3n) is 15.3. The molecule has 21 heteroatoms. The summed E-state index contributed by atoms with van der Waals surface area (Å²) in [5, 5.41) is 0. The fraction of sp³-hybridized carbons (Fsp3) is 1.00. The van der Waals surface area contributed by atoms with E-state index in [2.05, 4.69) is 83.1 Å². The van der Waals surface area contributed by atoms with Crippen LogP contribution < -0.4 is 0 Å². The van der Waals surface area contributed by atoms with Gasteiger partial charge >= 0.3 is 0 Å². The maximum Gasteiger partial charge on any atom is 0.104 e. The molecule has 21 nitrogen and oxygen atoms in total. The molecule has 0 saturated heterocycles. The molecule has 91 heavy (non-hydrogen) atoms. The van der Waals surface area contributed by atoms with Crippen molar-refractivity contribution >= 4 is 0 Å². The summed E-state index contributed by atoms with van der Waals surface area (Å²) in [6.07, 6.45) is 9.51. The molecule has 0 N–H and O–H groups in total. The highest BCUT2D eigenvalue weighted by molar-refractivity contribution is 4.83. The van der Waals surface area contributed by atoms with Gasteiger partial charge in [-0.3, -0.25) is 0 Å². The zero-order valence-corrected chi connectivity index (χ0v) is 60.5. The van der Waals surface area contributed by atoms with Crippen LogP contribution in [-0.2, 0) is 99.5 Å². The van der Waals surface area contributed by atoms with E-state index in [0.29, 0.717) is 238 Å². The largest absolute Gasteiger partial charge is 0.379 e. The van der Waals surface area contributed by atoms with Gasteiger partial charge in [-0.1, -0.05) is 83.1 Å². The van der Waals surface area contributed by atoms with Gasteiger partial charge in [-0.15, -0.1) is 0 Å². The van der Waals surface area contributed by atoms with Gasteiger partial charge in [0.25, 0.3) is 0 Å². The minimum Gasteiger partial charge on any atom is -0.379 e. The third kappa shape index (κ3) is 51.1. The number of hydrogen-bond donors (Lipinski definition) is 0. The zero-order chi connectivity index (χ0) is 66.8. The molecule has 0 aliphatic rings. The van der Waals surface area contributed by atoms with Crippen LogP contribution in [0.15, 0.2) is 0 Å². The van der Waals surface area contributed by atoms with Crippen molar-refractivity contribution in [2.24, 2.45) is 21.7 Å². The van der Waals surface area contributed by atoms with E-state index in [1.165, 1.54) is 0 Å². The molecular formula is C70H142O21. The minimum absolute atomic E-state index is 0.189. The quantitative estimate of drug-likeness (QED) is 0.0521. The molecule has 0 aromatic heterocycles. The summed E-state index contributed by atoms with van der Waals surface area (Å²) < 4.78 is 131. The lowest BCUT2D eigenvalue weighted by Gasteiger charge is -2.35. The molecule has 0 radical (unpaired) electrons. The van der Waals surface area contributed by atoms with E-state index >= 15 is 0 Å². The fourth-order valence-electron chi connectivity index (χ4n) is 8.97. The predicted molar refractivity (Wildman–Crippen MR) is 358 cm³/mol. The van der Waals surface area contributed by atoms with Gasteiger partial charge in [0, 0.05) is 74.5 Å². The van der Waals surface area contributed by atoms with Crippen molar-refractivity contribution in [2.45, 2.75) is 172 Å². The molecule has 0 aliphatic carbocycles. The monoisotopic (exact) mass is 1320 g/mol. The average molecular weight is 1320 g/mol. The second kappa shape index (κ2) is 66.4. The van der Waals surface area contributed by atoms with Gasteiger partial charge in [-0.05, 0) is 77.0 Å². The summed E-state index contributed by atoms with van der Waals surface area (Å²) in [5.41, 5.74) is -1.90. The highest BCUT2D eigenvalue weighted by atomic mass is 16.6. The standard InChI is InChI=1S/C70H142O21/c1-13-25-71-33-41-79-53-67(21-9,54-80-42-34-72-26-14-2)61-88-51-65(90-63-69(23-11,57-83-45-37-75-29-17-5)58-84-46-38-76-30-18-6)49-87-50-66(91-64-70(24-12,59-85-47-39-77-31-19-7)60-86-48-40-78-32-20-8)52-89-62-68(22-10,55-81-43-35-73-27-15-3)56-82-44-36-74-28-16-4/h65-66H,13-64H2,1-12H3. The van der Waals surface area contributed by atoms with Crippen molar-refractivity contribution in [1.29, 1.82) is 0 Å². The van der Waals surface area contributed by atoms with Crippen LogP contribution in [0.2, 0.25) is 0 Å². The lowest BCUT2D eigenvalue weighted by molar-refractivity contribution is -0.152. The Balaban J connectivity index is 7.34. The van der Waals surface area contributed by atoms with Gasteiger partial charge in [0.2, 0.25) is 0 Å². The zero-order valence-electron chi connectivity index (χ0n) is 60.5. The summed E-state index contributed by atoms with van der Waals surface area (Å²) in [6.45, 7) is 44.3. The first-order chi connectivity index (χ1) is 44.6. The summed E-state index contributed by atoms with van der Waals surface area (Å²) in [6, 6.07) is 0. The van der Waals surface area contributed by atoms with Crippen molar-refractivity contribution in [3.8, 4) is 0 Å². The molecule has 2 atom stereocenters. The van der Waals surface area contributed by atoms with Crippen LogP contribution >= 0.6 is 0 Å². The fourth-order valence-corrected chi connectivity index (χ4v) is 8.97. The number of rotatable bonds is 78. The van der Waals surface area contributed by atoms with Crippen molar-refractivity contribution in [1.82, 2.24) is 0 Å². The molecule has 0 spiro atoms. The smallest absolute Gasteiger partial charge is 0.104 e. The van der Waals surface area contributed by atoms with Crippen LogP contribution in [0.25, 0.3) is 0 Å². The summed E-state index contributed by atoms with van der Waals surface area (Å²) in [5.74, 6) is 0. The lowest BCUT2D eigenvalue weighted by Crippen LogP contribution is -2.43. The second-order valence-corrected chi connectivity index (χ2v) is 24.2. The SMILES string of the molecule is CCCOCCOCC(CC)(COCCOCCC)COCC(COCC(COCC(CC)(COCCOCCC)COCCOCCC)OCC(CC)(COCCOCCC)COCCOCCC)OCC(CC)(COCCOCCC)COCCOCCC. The maximum absolute atomic E-state index is 7.02. The molecule has 0 bridgehead atoms. The number of ether oxygens (including phenoxy) is 21. The molecule has 0 aromatic carbocycles. The van der Waals surface area contributed by atoms with E-state index in [0.717, 1.165) is 77.0 Å². The van der Waals surface area contributed by atoms with E-state index in [1.54, 1.807) is 0 Å². The van der Waals surface area contributed by atoms with Crippen LogP contribution in [0.1, 0.15) is 160 Å². The Morgan fingerprint density at radius 2 is 0.319 bits per heavy atom. The first-order valence-electron chi connectivity index (χ1n) is 35.8. The lowest BCUT2D eigenvalue weighted by atomic mass is 9.87. The predicted octanol–water partition coefficient (Wildman–Crippen LogP) is 10.9. The Morgan fingerprint density at radius 1 is 0.165 bits per heavy atom. The minimum atomic E-state index is -0.513. The summed E-state index contributed by atoms with van der Waals surface area (Å²) in [7, 11) is 0. The van der Waals surface area contributed by atoms with Crippen molar-refractivity contribution in [3.05, 3.63) is 0 Å². The first kappa shape index (κ1) is 90.2. The van der Waals surface area contributed by atoms with E-state index in [1.807, 2.05) is 0 Å². The highest BCUT2D eigenvalue weighted by Gasteiger charge is 2.36. The van der Waals surface area contributed by atoms with Gasteiger partial charge in [0.15, 0.2) is 0 Å². The normalized spacial score (nSPS) is 13.3. The Bertz CT molecular complexity index is 1270. The summed E-state index contributed by atoms with van der Waals surface area (Å²) >= 11 is 0. The molecule has 548 valence electrons. The molecule has 0 rings (SSSR count). The first-order valence-corrected chi connectivity index (χ1v) is 35.8. The highest BCUT2D eigenvalue weighted by Crippen LogP contribution is 2.29. The third-order valence-corrected chi connectivity index (χ3v) is 15.3. The molecule has 0 heterocycles. The van der Waals surface area contributed by atoms with Crippen molar-refractivity contribution in [3.63, 3.8) is 0 Å².